The number of hydrogen-bond donors (Lipinski definition) is 0. The van der Waals surface area contributed by atoms with Gasteiger partial charge in [-0.05, 0) is 30.7 Å². The van der Waals surface area contributed by atoms with E-state index in [-0.39, 0.29) is 10.8 Å². The zero-order chi connectivity index (χ0) is 19.4. The summed E-state index contributed by atoms with van der Waals surface area (Å²) < 4.78 is 14.5. The predicted octanol–water partition coefficient (Wildman–Crippen LogP) is 3.64. The van der Waals surface area contributed by atoms with Crippen LogP contribution in [0.3, 0.4) is 0 Å². The second-order valence-electron chi connectivity index (χ2n) is 8.63. The number of para-hydroxylation sites is 1. The van der Waals surface area contributed by atoms with Crippen LogP contribution in [0.2, 0.25) is 0 Å². The summed E-state index contributed by atoms with van der Waals surface area (Å²) in [6.45, 7) is 5.56. The third-order valence-corrected chi connectivity index (χ3v) is 5.79. The summed E-state index contributed by atoms with van der Waals surface area (Å²) in [6.07, 6.45) is 3.68. The highest BCUT2D eigenvalue weighted by atomic mass is 16.7. The minimum absolute atomic E-state index is 0.00305. The first-order chi connectivity index (χ1) is 13.5. The van der Waals surface area contributed by atoms with Crippen LogP contribution in [0.15, 0.2) is 53.5 Å². The van der Waals surface area contributed by atoms with Gasteiger partial charge in [-0.15, -0.1) is 0 Å². The van der Waals surface area contributed by atoms with E-state index in [0.29, 0.717) is 37.1 Å². The maximum Gasteiger partial charge on any atom is 0.194 e. The van der Waals surface area contributed by atoms with Gasteiger partial charge in [0.05, 0.1) is 18.6 Å². The van der Waals surface area contributed by atoms with Crippen LogP contribution in [0.4, 0.5) is 0 Å². The Morgan fingerprint density at radius 2 is 1.79 bits per heavy atom. The highest BCUT2D eigenvalue weighted by Crippen LogP contribution is 2.39. The summed E-state index contributed by atoms with van der Waals surface area (Å²) in [5.41, 5.74) is 3.58. The van der Waals surface area contributed by atoms with E-state index in [1.807, 2.05) is 30.3 Å². The molecule has 0 radical (unpaired) electrons. The van der Waals surface area contributed by atoms with Crippen molar-refractivity contribution >= 4 is 11.0 Å². The fraction of sp³-hybridized carbons (Fsp3) is 0.391. The lowest BCUT2D eigenvalue weighted by atomic mass is 9.86. The first-order valence-electron chi connectivity index (χ1n) is 9.83. The van der Waals surface area contributed by atoms with E-state index in [0.717, 1.165) is 23.4 Å². The molecule has 1 aliphatic carbocycles. The number of nitrogens with zero attached hydrogens (tertiary/aromatic N) is 2. The van der Waals surface area contributed by atoms with Crippen molar-refractivity contribution in [3.8, 4) is 5.69 Å². The summed E-state index contributed by atoms with van der Waals surface area (Å²) in [5.74, 6) is -0.688. The van der Waals surface area contributed by atoms with Gasteiger partial charge in [0.15, 0.2) is 11.2 Å². The molecule has 144 valence electrons. The maximum absolute atomic E-state index is 13.3. The maximum atomic E-state index is 13.3. The Bertz CT molecular complexity index is 1090. The molecular weight excluding hydrogens is 352 g/mol. The van der Waals surface area contributed by atoms with Crippen LogP contribution in [-0.4, -0.2) is 28.6 Å². The number of benzene rings is 1. The van der Waals surface area contributed by atoms with E-state index in [1.54, 1.807) is 6.20 Å². The Hall–Kier alpha value is -2.50. The Balaban J connectivity index is 1.70. The molecule has 3 aromatic rings. The SMILES string of the molecule is CC1(C)COC2(CCc3c(c(=O)c4cccnc4n3-c3ccccc3)C2)OC1. The van der Waals surface area contributed by atoms with Crippen LogP contribution in [0.5, 0.6) is 0 Å². The molecule has 1 saturated heterocycles. The average Bonchev–Trinajstić information content (AvgIpc) is 2.72. The molecule has 5 rings (SSSR count). The van der Waals surface area contributed by atoms with Crippen molar-refractivity contribution in [1.82, 2.24) is 9.55 Å². The zero-order valence-corrected chi connectivity index (χ0v) is 16.3. The molecule has 5 heteroatoms. The quantitative estimate of drug-likeness (QED) is 0.651. The minimum atomic E-state index is -0.688. The molecule has 0 N–H and O–H groups in total. The van der Waals surface area contributed by atoms with E-state index in [2.05, 4.69) is 35.5 Å². The van der Waals surface area contributed by atoms with Crippen LogP contribution in [-0.2, 0) is 22.3 Å². The molecule has 0 amide bonds. The molecule has 1 spiro atoms. The molecule has 1 aliphatic heterocycles. The van der Waals surface area contributed by atoms with Crippen LogP contribution < -0.4 is 5.43 Å². The van der Waals surface area contributed by atoms with Gasteiger partial charge in [0, 0.05) is 41.4 Å². The molecule has 0 bridgehead atoms. The van der Waals surface area contributed by atoms with Gasteiger partial charge >= 0.3 is 0 Å². The Morgan fingerprint density at radius 1 is 1.04 bits per heavy atom. The summed E-state index contributed by atoms with van der Waals surface area (Å²) in [6, 6.07) is 13.8. The monoisotopic (exact) mass is 376 g/mol. The number of pyridine rings is 2. The highest BCUT2D eigenvalue weighted by Gasteiger charge is 2.44. The molecule has 3 heterocycles. The molecule has 2 aliphatic rings. The summed E-state index contributed by atoms with van der Waals surface area (Å²) in [4.78, 5) is 17.9. The second-order valence-corrected chi connectivity index (χ2v) is 8.63. The van der Waals surface area contributed by atoms with Crippen LogP contribution in [0.1, 0.15) is 31.5 Å². The summed E-state index contributed by atoms with van der Waals surface area (Å²) in [7, 11) is 0. The Morgan fingerprint density at radius 3 is 2.54 bits per heavy atom. The van der Waals surface area contributed by atoms with Gasteiger partial charge in [0.2, 0.25) is 0 Å². The molecule has 0 atom stereocenters. The fourth-order valence-electron chi connectivity index (χ4n) is 4.26. The first kappa shape index (κ1) is 17.6. The molecular formula is C23H24N2O3. The number of rotatable bonds is 1. The van der Waals surface area contributed by atoms with Crippen LogP contribution in [0.25, 0.3) is 16.7 Å². The van der Waals surface area contributed by atoms with Crippen molar-refractivity contribution < 1.29 is 9.47 Å². The standard InChI is InChI=1S/C23H24N2O3/c1-22(2)14-27-23(28-15-22)11-10-19-18(13-23)20(26)17-9-6-12-24-21(17)25(19)16-7-4-3-5-8-16/h3-9,12H,10-11,13-15H2,1-2H3. The highest BCUT2D eigenvalue weighted by molar-refractivity contribution is 5.78. The van der Waals surface area contributed by atoms with Crippen molar-refractivity contribution in [2.75, 3.05) is 13.2 Å². The molecule has 1 fully saturated rings. The van der Waals surface area contributed by atoms with Crippen molar-refractivity contribution in [2.45, 2.75) is 38.9 Å². The van der Waals surface area contributed by atoms with E-state index in [1.165, 1.54) is 0 Å². The molecule has 1 aromatic carbocycles. The number of fused-ring (bicyclic) bond motifs is 2. The van der Waals surface area contributed by atoms with Crippen LogP contribution in [0, 0.1) is 5.41 Å². The van der Waals surface area contributed by atoms with E-state index >= 15 is 0 Å². The second kappa shape index (κ2) is 6.26. The lowest BCUT2D eigenvalue weighted by Gasteiger charge is -2.45. The van der Waals surface area contributed by atoms with Gasteiger partial charge in [-0.2, -0.15) is 0 Å². The molecule has 28 heavy (non-hydrogen) atoms. The smallest absolute Gasteiger partial charge is 0.194 e. The van der Waals surface area contributed by atoms with Crippen molar-refractivity contribution in [2.24, 2.45) is 5.41 Å². The summed E-state index contributed by atoms with van der Waals surface area (Å²) >= 11 is 0. The predicted molar refractivity (Wildman–Crippen MR) is 108 cm³/mol. The van der Waals surface area contributed by atoms with Crippen molar-refractivity contribution in [3.63, 3.8) is 0 Å². The van der Waals surface area contributed by atoms with Gasteiger partial charge in [0.1, 0.15) is 5.65 Å². The molecule has 0 saturated carbocycles. The Kier molecular flexibility index (Phi) is 3.93. The van der Waals surface area contributed by atoms with Gasteiger partial charge in [-0.1, -0.05) is 32.0 Å². The van der Waals surface area contributed by atoms with E-state index in [9.17, 15) is 4.79 Å². The topological polar surface area (TPSA) is 53.3 Å². The van der Waals surface area contributed by atoms with E-state index < -0.39 is 5.79 Å². The van der Waals surface area contributed by atoms with Crippen molar-refractivity contribution in [1.29, 1.82) is 0 Å². The summed E-state index contributed by atoms with van der Waals surface area (Å²) in [5, 5.41) is 0.637. The number of ether oxygens (including phenoxy) is 2. The number of aromatic nitrogens is 2. The zero-order valence-electron chi connectivity index (χ0n) is 16.3. The van der Waals surface area contributed by atoms with E-state index in [4.69, 9.17) is 9.47 Å². The molecule has 0 unspecified atom stereocenters. The molecule has 5 nitrogen and oxygen atoms in total. The largest absolute Gasteiger partial charge is 0.349 e. The fourth-order valence-corrected chi connectivity index (χ4v) is 4.26. The van der Waals surface area contributed by atoms with Crippen molar-refractivity contribution in [3.05, 3.63) is 70.1 Å². The lowest BCUT2D eigenvalue weighted by molar-refractivity contribution is -0.302. The minimum Gasteiger partial charge on any atom is -0.349 e. The third-order valence-electron chi connectivity index (χ3n) is 5.79. The first-order valence-corrected chi connectivity index (χ1v) is 9.83. The van der Waals surface area contributed by atoms with Crippen LogP contribution >= 0.6 is 0 Å². The van der Waals surface area contributed by atoms with Gasteiger partial charge in [0.25, 0.3) is 0 Å². The van der Waals surface area contributed by atoms with Gasteiger partial charge < -0.3 is 9.47 Å². The molecule has 2 aromatic heterocycles. The third kappa shape index (κ3) is 2.77. The average molecular weight is 376 g/mol. The normalized spacial score (nSPS) is 20.2. The lowest BCUT2D eigenvalue weighted by Crippen LogP contribution is -2.52. The van der Waals surface area contributed by atoms with Gasteiger partial charge in [-0.25, -0.2) is 4.98 Å². The van der Waals surface area contributed by atoms with Gasteiger partial charge in [-0.3, -0.25) is 9.36 Å². The Labute approximate surface area is 163 Å². The number of hydrogen-bond acceptors (Lipinski definition) is 4.